The van der Waals surface area contributed by atoms with Crippen molar-refractivity contribution in [1.82, 2.24) is 20.2 Å². The number of aromatic amines is 2. The Morgan fingerprint density at radius 2 is 1.94 bits per heavy atom. The van der Waals surface area contributed by atoms with Gasteiger partial charge in [0.2, 0.25) is 0 Å². The molecule has 0 aliphatic carbocycles. The van der Waals surface area contributed by atoms with Gasteiger partial charge < -0.3 is 4.98 Å². The van der Waals surface area contributed by atoms with E-state index >= 15 is 0 Å². The summed E-state index contributed by atoms with van der Waals surface area (Å²) in [6, 6.07) is 5.32. The fourth-order valence-electron chi connectivity index (χ4n) is 1.52. The first-order chi connectivity index (χ1) is 7.74. The summed E-state index contributed by atoms with van der Waals surface area (Å²) in [5.41, 5.74) is 2.45. The number of aromatic nitrogens is 4. The van der Waals surface area contributed by atoms with Gasteiger partial charge in [-0.15, -0.1) is 0 Å². The Kier molecular flexibility index (Phi) is 2.12. The summed E-state index contributed by atoms with van der Waals surface area (Å²) in [5, 5.41) is 7.71. The predicted octanol–water partition coefficient (Wildman–Crippen LogP) is 3.26. The van der Waals surface area contributed by atoms with Crippen molar-refractivity contribution in [1.29, 1.82) is 0 Å². The van der Waals surface area contributed by atoms with E-state index in [1.807, 2.05) is 6.07 Å². The molecule has 0 aliphatic rings. The third-order valence-corrected chi connectivity index (χ3v) is 3.00. The quantitative estimate of drug-likeness (QED) is 0.699. The number of hydrogen-bond donors (Lipinski definition) is 2. The van der Waals surface area contributed by atoms with Gasteiger partial charge in [0.1, 0.15) is 5.69 Å². The van der Waals surface area contributed by atoms with Crippen molar-refractivity contribution in [2.45, 2.75) is 0 Å². The summed E-state index contributed by atoms with van der Waals surface area (Å²) >= 11 is 11.8. The van der Waals surface area contributed by atoms with Crippen LogP contribution < -0.4 is 0 Å². The van der Waals surface area contributed by atoms with Crippen LogP contribution in [0.3, 0.4) is 0 Å². The average molecular weight is 253 g/mol. The Hall–Kier alpha value is -1.52. The molecule has 0 aliphatic heterocycles. The topological polar surface area (TPSA) is 57.4 Å². The first-order valence-electron chi connectivity index (χ1n) is 4.58. The van der Waals surface area contributed by atoms with Gasteiger partial charge >= 0.3 is 0 Å². The first kappa shape index (κ1) is 9.69. The van der Waals surface area contributed by atoms with Gasteiger partial charge in [-0.05, 0) is 18.2 Å². The summed E-state index contributed by atoms with van der Waals surface area (Å²) in [7, 11) is 0. The zero-order valence-electron chi connectivity index (χ0n) is 7.96. The molecule has 0 saturated carbocycles. The number of fused-ring (bicyclic) bond motifs is 1. The molecule has 0 bridgehead atoms. The maximum absolute atomic E-state index is 5.92. The van der Waals surface area contributed by atoms with Crippen molar-refractivity contribution in [3.05, 3.63) is 34.4 Å². The minimum atomic E-state index is 0.497. The Bertz CT molecular complexity index is 603. The third kappa shape index (κ3) is 1.47. The summed E-state index contributed by atoms with van der Waals surface area (Å²) in [6.07, 6.45) is 1.67. The lowest BCUT2D eigenvalue weighted by Crippen LogP contribution is -1.79. The van der Waals surface area contributed by atoms with E-state index in [1.54, 1.807) is 18.3 Å². The highest BCUT2D eigenvalue weighted by Crippen LogP contribution is 2.28. The molecule has 1 aromatic carbocycles. The molecule has 3 rings (SSSR count). The normalized spacial score (nSPS) is 11.1. The second kappa shape index (κ2) is 3.50. The lowest BCUT2D eigenvalue weighted by Gasteiger charge is -1.93. The molecular formula is C10H6Cl2N4. The fourth-order valence-corrected chi connectivity index (χ4v) is 1.84. The van der Waals surface area contributed by atoms with Gasteiger partial charge in [-0.3, -0.25) is 5.10 Å². The molecule has 3 aromatic rings. The molecule has 16 heavy (non-hydrogen) atoms. The van der Waals surface area contributed by atoms with Crippen LogP contribution in [0.1, 0.15) is 0 Å². The molecule has 0 amide bonds. The van der Waals surface area contributed by atoms with Crippen LogP contribution in [0.4, 0.5) is 0 Å². The van der Waals surface area contributed by atoms with Crippen molar-refractivity contribution >= 4 is 34.2 Å². The molecule has 2 heterocycles. The van der Waals surface area contributed by atoms with Gasteiger partial charge in [0.25, 0.3) is 0 Å². The number of halogens is 2. The highest BCUT2D eigenvalue weighted by atomic mass is 35.5. The Balaban J connectivity index is 2.23. The number of H-pyrrole nitrogens is 2. The van der Waals surface area contributed by atoms with Crippen LogP contribution in [-0.2, 0) is 0 Å². The minimum Gasteiger partial charge on any atom is -0.337 e. The standard InChI is InChI=1S/C10H6Cl2N4/c11-5-3-8-9(4-6(5)12)15-10(14-8)7-1-2-13-16-7/h1-4H,(H,13,16)(H,14,15). The van der Waals surface area contributed by atoms with E-state index in [4.69, 9.17) is 23.2 Å². The number of nitrogens with zero attached hydrogens (tertiary/aromatic N) is 2. The molecule has 2 N–H and O–H groups in total. The molecule has 0 saturated heterocycles. The highest BCUT2D eigenvalue weighted by Gasteiger charge is 2.08. The smallest absolute Gasteiger partial charge is 0.156 e. The maximum atomic E-state index is 5.92. The van der Waals surface area contributed by atoms with Crippen molar-refractivity contribution in [2.75, 3.05) is 0 Å². The van der Waals surface area contributed by atoms with Gasteiger partial charge in [0.05, 0.1) is 21.1 Å². The van der Waals surface area contributed by atoms with Crippen LogP contribution in [0.15, 0.2) is 24.4 Å². The van der Waals surface area contributed by atoms with E-state index in [0.717, 1.165) is 16.7 Å². The number of hydrogen-bond acceptors (Lipinski definition) is 2. The number of benzene rings is 1. The summed E-state index contributed by atoms with van der Waals surface area (Å²) in [5.74, 6) is 0.714. The second-order valence-corrected chi connectivity index (χ2v) is 4.15. The summed E-state index contributed by atoms with van der Waals surface area (Å²) < 4.78 is 0. The first-order valence-corrected chi connectivity index (χ1v) is 5.34. The monoisotopic (exact) mass is 252 g/mol. The van der Waals surface area contributed by atoms with Gasteiger partial charge in [0, 0.05) is 6.20 Å². The molecule has 0 unspecified atom stereocenters. The summed E-state index contributed by atoms with van der Waals surface area (Å²) in [4.78, 5) is 7.53. The van der Waals surface area contributed by atoms with E-state index < -0.39 is 0 Å². The van der Waals surface area contributed by atoms with Crippen molar-refractivity contribution in [2.24, 2.45) is 0 Å². The van der Waals surface area contributed by atoms with Crippen LogP contribution in [-0.4, -0.2) is 20.2 Å². The maximum Gasteiger partial charge on any atom is 0.156 e. The van der Waals surface area contributed by atoms with Crippen LogP contribution in [0, 0.1) is 0 Å². The van der Waals surface area contributed by atoms with Gasteiger partial charge in [0.15, 0.2) is 5.82 Å². The van der Waals surface area contributed by atoms with Gasteiger partial charge in [-0.1, -0.05) is 23.2 Å². The van der Waals surface area contributed by atoms with Gasteiger partial charge in [-0.25, -0.2) is 4.98 Å². The molecule has 6 heteroatoms. The average Bonchev–Trinajstić information content (AvgIpc) is 2.86. The molecule has 0 radical (unpaired) electrons. The number of rotatable bonds is 1. The van der Waals surface area contributed by atoms with Crippen LogP contribution in [0.5, 0.6) is 0 Å². The largest absolute Gasteiger partial charge is 0.337 e. The predicted molar refractivity (Wildman–Crippen MR) is 63.7 cm³/mol. The molecule has 0 fully saturated rings. The lowest BCUT2D eigenvalue weighted by atomic mass is 10.3. The Morgan fingerprint density at radius 3 is 2.69 bits per heavy atom. The third-order valence-electron chi connectivity index (χ3n) is 2.28. The van der Waals surface area contributed by atoms with Crippen molar-refractivity contribution in [3.8, 4) is 11.5 Å². The van der Waals surface area contributed by atoms with Gasteiger partial charge in [-0.2, -0.15) is 5.10 Å². The van der Waals surface area contributed by atoms with E-state index in [1.165, 1.54) is 0 Å². The Morgan fingerprint density at radius 1 is 1.12 bits per heavy atom. The molecule has 2 aromatic heterocycles. The minimum absolute atomic E-state index is 0.497. The van der Waals surface area contributed by atoms with E-state index in [0.29, 0.717) is 15.9 Å². The number of imidazole rings is 1. The lowest BCUT2D eigenvalue weighted by molar-refractivity contribution is 1.08. The van der Waals surface area contributed by atoms with Crippen LogP contribution in [0.25, 0.3) is 22.6 Å². The SMILES string of the molecule is Clc1cc2nc(-c3ccn[nH]3)[nH]c2cc1Cl. The summed E-state index contributed by atoms with van der Waals surface area (Å²) in [6.45, 7) is 0. The van der Waals surface area contributed by atoms with Crippen LogP contribution in [0.2, 0.25) is 10.0 Å². The fraction of sp³-hybridized carbons (Fsp3) is 0. The van der Waals surface area contributed by atoms with Crippen LogP contribution >= 0.6 is 23.2 Å². The second-order valence-electron chi connectivity index (χ2n) is 3.34. The zero-order chi connectivity index (χ0) is 11.1. The Labute approximate surface area is 101 Å². The molecule has 80 valence electrons. The van der Waals surface area contributed by atoms with E-state index in [-0.39, 0.29) is 0 Å². The van der Waals surface area contributed by atoms with Crippen molar-refractivity contribution in [3.63, 3.8) is 0 Å². The zero-order valence-corrected chi connectivity index (χ0v) is 9.47. The van der Waals surface area contributed by atoms with E-state index in [9.17, 15) is 0 Å². The molecule has 0 atom stereocenters. The molecular weight excluding hydrogens is 247 g/mol. The molecule has 4 nitrogen and oxygen atoms in total. The highest BCUT2D eigenvalue weighted by molar-refractivity contribution is 6.42. The molecule has 0 spiro atoms. The number of nitrogens with one attached hydrogen (secondary N) is 2. The van der Waals surface area contributed by atoms with E-state index in [2.05, 4.69) is 20.2 Å². The van der Waals surface area contributed by atoms with Crippen molar-refractivity contribution < 1.29 is 0 Å².